The lowest BCUT2D eigenvalue weighted by Gasteiger charge is -2.10. The first kappa shape index (κ1) is 14.0. The predicted octanol–water partition coefficient (Wildman–Crippen LogP) is 2.03. The molecule has 0 fully saturated rings. The van der Waals surface area contributed by atoms with E-state index in [1.165, 1.54) is 12.1 Å². The number of carbonyl (C=O) groups excluding carboxylic acids is 1. The molecule has 0 aromatic heterocycles. The number of aldehydes is 1. The van der Waals surface area contributed by atoms with Crippen LogP contribution in [0.1, 0.15) is 5.56 Å². The summed E-state index contributed by atoms with van der Waals surface area (Å²) in [5, 5.41) is 8.64. The van der Waals surface area contributed by atoms with Gasteiger partial charge in [-0.3, -0.25) is 4.79 Å². The molecule has 1 rings (SSSR count). The molecule has 0 aliphatic heterocycles. The fourth-order valence-electron chi connectivity index (χ4n) is 1.27. The van der Waals surface area contributed by atoms with Crippen LogP contribution in [0.25, 0.3) is 0 Å². The number of hydrogen-bond acceptors (Lipinski definition) is 3. The summed E-state index contributed by atoms with van der Waals surface area (Å²) in [4.78, 5) is 21.0. The third kappa shape index (κ3) is 4.44. The molecule has 0 spiro atoms. The van der Waals surface area contributed by atoms with Crippen LogP contribution in [0.3, 0.4) is 0 Å². The largest absolute Gasteiger partial charge is 0.573 e. The van der Waals surface area contributed by atoms with Crippen molar-refractivity contribution in [2.24, 2.45) is 5.92 Å². The summed E-state index contributed by atoms with van der Waals surface area (Å²) in [6, 6.07) is 4.68. The van der Waals surface area contributed by atoms with Gasteiger partial charge in [-0.25, -0.2) is 0 Å². The number of carbonyl (C=O) groups is 2. The number of aliphatic carboxylic acids is 1. The van der Waals surface area contributed by atoms with Gasteiger partial charge >= 0.3 is 12.3 Å². The normalized spacial score (nSPS) is 12.8. The maximum atomic E-state index is 11.9. The molecule has 1 N–H and O–H groups in total. The summed E-state index contributed by atoms with van der Waals surface area (Å²) in [7, 11) is 0. The molecule has 7 heteroatoms. The fourth-order valence-corrected chi connectivity index (χ4v) is 1.27. The second-order valence-corrected chi connectivity index (χ2v) is 3.48. The average molecular weight is 262 g/mol. The lowest BCUT2D eigenvalue weighted by Crippen LogP contribution is -2.18. The molecule has 0 bridgehead atoms. The van der Waals surface area contributed by atoms with Crippen molar-refractivity contribution in [3.05, 3.63) is 29.8 Å². The van der Waals surface area contributed by atoms with Crippen LogP contribution in [-0.4, -0.2) is 23.7 Å². The molecule has 98 valence electrons. The first-order valence-corrected chi connectivity index (χ1v) is 4.84. The lowest BCUT2D eigenvalue weighted by molar-refractivity contribution is -0.274. The van der Waals surface area contributed by atoms with Gasteiger partial charge in [-0.15, -0.1) is 13.2 Å². The van der Waals surface area contributed by atoms with Crippen LogP contribution in [0.2, 0.25) is 0 Å². The van der Waals surface area contributed by atoms with Crippen molar-refractivity contribution >= 4 is 12.3 Å². The Morgan fingerprint density at radius 2 is 1.89 bits per heavy atom. The van der Waals surface area contributed by atoms with E-state index in [4.69, 9.17) is 5.11 Å². The SMILES string of the molecule is O=CC(Cc1ccc(OC(F)(F)F)cc1)C(=O)O. The number of carboxylic acid groups (broad SMARTS) is 1. The molecular weight excluding hydrogens is 253 g/mol. The number of rotatable bonds is 5. The van der Waals surface area contributed by atoms with Crippen molar-refractivity contribution in [3.8, 4) is 5.75 Å². The van der Waals surface area contributed by atoms with E-state index >= 15 is 0 Å². The van der Waals surface area contributed by atoms with E-state index in [2.05, 4.69) is 4.74 Å². The summed E-state index contributed by atoms with van der Waals surface area (Å²) in [6.07, 6.45) is -4.57. The molecule has 0 saturated carbocycles. The minimum Gasteiger partial charge on any atom is -0.481 e. The Hall–Kier alpha value is -2.05. The molecular formula is C11H9F3O4. The summed E-state index contributed by atoms with van der Waals surface area (Å²) < 4.78 is 39.2. The fraction of sp³-hybridized carbons (Fsp3) is 0.273. The summed E-state index contributed by atoms with van der Waals surface area (Å²) >= 11 is 0. The van der Waals surface area contributed by atoms with Crippen LogP contribution < -0.4 is 4.74 Å². The number of carboxylic acids is 1. The highest BCUT2D eigenvalue weighted by Gasteiger charge is 2.31. The number of halogens is 3. The predicted molar refractivity (Wildman–Crippen MR) is 54.0 cm³/mol. The molecule has 0 aliphatic rings. The highest BCUT2D eigenvalue weighted by atomic mass is 19.4. The zero-order chi connectivity index (χ0) is 13.8. The van der Waals surface area contributed by atoms with Gasteiger partial charge in [0.25, 0.3) is 0 Å². The van der Waals surface area contributed by atoms with Crippen molar-refractivity contribution in [3.63, 3.8) is 0 Å². The number of alkyl halides is 3. The van der Waals surface area contributed by atoms with Crippen LogP contribution in [0, 0.1) is 5.92 Å². The van der Waals surface area contributed by atoms with E-state index < -0.39 is 24.0 Å². The van der Waals surface area contributed by atoms with E-state index in [1.54, 1.807) is 0 Å². The van der Waals surface area contributed by atoms with Gasteiger partial charge in [0.1, 0.15) is 18.0 Å². The van der Waals surface area contributed by atoms with Gasteiger partial charge in [-0.2, -0.15) is 0 Å². The third-order valence-electron chi connectivity index (χ3n) is 2.09. The Bertz CT molecular complexity index is 425. The number of ether oxygens (including phenoxy) is 1. The van der Waals surface area contributed by atoms with E-state index in [0.29, 0.717) is 5.56 Å². The summed E-state index contributed by atoms with van der Waals surface area (Å²) in [6.45, 7) is 0. The van der Waals surface area contributed by atoms with Gasteiger partial charge in [-0.05, 0) is 24.1 Å². The molecule has 1 aromatic carbocycles. The van der Waals surface area contributed by atoms with Gasteiger partial charge in [0.15, 0.2) is 0 Å². The van der Waals surface area contributed by atoms with Crippen molar-refractivity contribution < 1.29 is 32.6 Å². The molecule has 0 amide bonds. The second-order valence-electron chi connectivity index (χ2n) is 3.48. The van der Waals surface area contributed by atoms with Crippen LogP contribution in [0.15, 0.2) is 24.3 Å². The maximum Gasteiger partial charge on any atom is 0.573 e. The molecule has 0 saturated heterocycles. The Kier molecular flexibility index (Phi) is 4.30. The molecule has 1 unspecified atom stereocenters. The van der Waals surface area contributed by atoms with E-state index in [9.17, 15) is 22.8 Å². The highest BCUT2D eigenvalue weighted by molar-refractivity contribution is 5.86. The zero-order valence-electron chi connectivity index (χ0n) is 8.98. The topological polar surface area (TPSA) is 63.6 Å². The molecule has 0 aliphatic carbocycles. The van der Waals surface area contributed by atoms with E-state index in [0.717, 1.165) is 12.1 Å². The van der Waals surface area contributed by atoms with Gasteiger partial charge in [0.05, 0.1) is 0 Å². The number of hydrogen-bond donors (Lipinski definition) is 1. The van der Waals surface area contributed by atoms with Gasteiger partial charge < -0.3 is 14.6 Å². The smallest absolute Gasteiger partial charge is 0.481 e. The maximum absolute atomic E-state index is 11.9. The summed E-state index contributed by atoms with van der Waals surface area (Å²) in [5.74, 6) is -2.88. The Morgan fingerprint density at radius 1 is 1.33 bits per heavy atom. The standard InChI is InChI=1S/C11H9F3O4/c12-11(13,14)18-9-3-1-7(2-4-9)5-8(6-15)10(16)17/h1-4,6,8H,5H2,(H,16,17). The molecule has 1 aromatic rings. The third-order valence-corrected chi connectivity index (χ3v) is 2.09. The van der Waals surface area contributed by atoms with Crippen LogP contribution in [0.4, 0.5) is 13.2 Å². The Morgan fingerprint density at radius 3 is 2.28 bits per heavy atom. The Balaban J connectivity index is 2.71. The molecule has 18 heavy (non-hydrogen) atoms. The second kappa shape index (κ2) is 5.52. The van der Waals surface area contributed by atoms with E-state index in [1.807, 2.05) is 0 Å². The van der Waals surface area contributed by atoms with Crippen molar-refractivity contribution in [1.29, 1.82) is 0 Å². The molecule has 0 heterocycles. The highest BCUT2D eigenvalue weighted by Crippen LogP contribution is 2.23. The van der Waals surface area contributed by atoms with Gasteiger partial charge in [0, 0.05) is 0 Å². The lowest BCUT2D eigenvalue weighted by atomic mass is 10.0. The minimum absolute atomic E-state index is 0.0782. The van der Waals surface area contributed by atoms with Gasteiger partial charge in [0.2, 0.25) is 0 Å². The van der Waals surface area contributed by atoms with E-state index in [-0.39, 0.29) is 12.7 Å². The van der Waals surface area contributed by atoms with Crippen LogP contribution >= 0.6 is 0 Å². The zero-order valence-corrected chi connectivity index (χ0v) is 8.98. The monoisotopic (exact) mass is 262 g/mol. The first-order valence-electron chi connectivity index (χ1n) is 4.84. The van der Waals surface area contributed by atoms with Crippen molar-refractivity contribution in [2.75, 3.05) is 0 Å². The quantitative estimate of drug-likeness (QED) is 0.651. The molecule has 1 atom stereocenters. The molecule has 4 nitrogen and oxygen atoms in total. The van der Waals surface area contributed by atoms with Crippen molar-refractivity contribution in [1.82, 2.24) is 0 Å². The van der Waals surface area contributed by atoms with Crippen molar-refractivity contribution in [2.45, 2.75) is 12.8 Å². The number of benzene rings is 1. The molecule has 0 radical (unpaired) electrons. The summed E-state index contributed by atoms with van der Waals surface area (Å²) in [5.41, 5.74) is 0.434. The minimum atomic E-state index is -4.77. The Labute approximate surface area is 100.0 Å². The van der Waals surface area contributed by atoms with Gasteiger partial charge in [-0.1, -0.05) is 12.1 Å². The van der Waals surface area contributed by atoms with Crippen LogP contribution in [-0.2, 0) is 16.0 Å². The average Bonchev–Trinajstić information content (AvgIpc) is 2.25. The first-order chi connectivity index (χ1) is 8.31. The van der Waals surface area contributed by atoms with Crippen LogP contribution in [0.5, 0.6) is 5.75 Å².